The molecule has 0 saturated carbocycles. The molecule has 1 aromatic heterocycles. The van der Waals surface area contributed by atoms with Gasteiger partial charge in [-0.3, -0.25) is 0 Å². The van der Waals surface area contributed by atoms with Crippen LogP contribution in [-0.4, -0.2) is 0 Å². The molecule has 2 nitrogen and oxygen atoms in total. The van der Waals surface area contributed by atoms with Crippen LogP contribution in [0.5, 0.6) is 0 Å². The van der Waals surface area contributed by atoms with Crippen molar-refractivity contribution in [2.75, 3.05) is 0 Å². The fourth-order valence-electron chi connectivity index (χ4n) is 1.44. The van der Waals surface area contributed by atoms with E-state index < -0.39 is 17.7 Å². The van der Waals surface area contributed by atoms with Crippen molar-refractivity contribution in [2.45, 2.75) is 6.04 Å². The van der Waals surface area contributed by atoms with Gasteiger partial charge in [0.05, 0.1) is 16.8 Å². The largest absolute Gasteiger partial charge is 0.467 e. The molecule has 2 aromatic rings. The van der Waals surface area contributed by atoms with E-state index in [1.807, 2.05) is 0 Å². The normalized spacial score (nSPS) is 12.8. The molecule has 1 unspecified atom stereocenters. The second kappa shape index (κ2) is 4.35. The molecule has 0 aliphatic heterocycles. The molecule has 84 valence electrons. The molecule has 1 heterocycles. The Morgan fingerprint density at radius 1 is 1.25 bits per heavy atom. The molecule has 1 atom stereocenters. The van der Waals surface area contributed by atoms with Crippen molar-refractivity contribution in [1.29, 1.82) is 0 Å². The van der Waals surface area contributed by atoms with Gasteiger partial charge < -0.3 is 10.2 Å². The van der Waals surface area contributed by atoms with Crippen LogP contribution in [0.25, 0.3) is 0 Å². The zero-order valence-electron chi connectivity index (χ0n) is 8.08. The van der Waals surface area contributed by atoms with E-state index in [1.54, 1.807) is 12.1 Å². The first-order valence-electron chi connectivity index (χ1n) is 4.53. The molecule has 2 N–H and O–H groups in total. The van der Waals surface area contributed by atoms with Crippen molar-refractivity contribution < 1.29 is 13.2 Å². The minimum atomic E-state index is -0.951. The maximum atomic E-state index is 13.7. The van der Waals surface area contributed by atoms with Crippen molar-refractivity contribution >= 4 is 15.9 Å². The number of furan rings is 1. The van der Waals surface area contributed by atoms with E-state index >= 15 is 0 Å². The molecule has 0 aliphatic rings. The molecule has 0 aliphatic carbocycles. The Hall–Kier alpha value is -1.20. The molecular formula is C11H8BrF2NO. The third-order valence-electron chi connectivity index (χ3n) is 2.24. The SMILES string of the molecule is NC(c1ccco1)c1c(F)ccc(Br)c1F. The van der Waals surface area contributed by atoms with E-state index in [1.165, 1.54) is 12.3 Å². The van der Waals surface area contributed by atoms with Gasteiger partial charge in [-0.1, -0.05) is 0 Å². The zero-order valence-corrected chi connectivity index (χ0v) is 9.67. The van der Waals surface area contributed by atoms with Crippen LogP contribution in [-0.2, 0) is 0 Å². The summed E-state index contributed by atoms with van der Waals surface area (Å²) in [7, 11) is 0. The van der Waals surface area contributed by atoms with Crippen molar-refractivity contribution in [3.63, 3.8) is 0 Å². The van der Waals surface area contributed by atoms with Gasteiger partial charge in [-0.15, -0.1) is 0 Å². The minimum Gasteiger partial charge on any atom is -0.467 e. The number of rotatable bonds is 2. The zero-order chi connectivity index (χ0) is 11.7. The Bertz CT molecular complexity index is 499. The van der Waals surface area contributed by atoms with E-state index in [2.05, 4.69) is 15.9 Å². The molecule has 0 radical (unpaired) electrons. The molecule has 0 bridgehead atoms. The average molecular weight is 288 g/mol. The van der Waals surface area contributed by atoms with Gasteiger partial charge in [-0.05, 0) is 40.2 Å². The lowest BCUT2D eigenvalue weighted by Gasteiger charge is -2.12. The summed E-state index contributed by atoms with van der Waals surface area (Å²) in [6.45, 7) is 0. The molecular weight excluding hydrogens is 280 g/mol. The smallest absolute Gasteiger partial charge is 0.145 e. The molecule has 0 spiro atoms. The summed E-state index contributed by atoms with van der Waals surface area (Å²) in [5.74, 6) is -1.08. The van der Waals surface area contributed by atoms with Gasteiger partial charge in [0.1, 0.15) is 17.4 Å². The predicted octanol–water partition coefficient (Wildman–Crippen LogP) is 3.37. The van der Waals surface area contributed by atoms with Gasteiger partial charge in [-0.25, -0.2) is 8.78 Å². The summed E-state index contributed by atoms with van der Waals surface area (Å²) in [6.07, 6.45) is 1.41. The number of benzene rings is 1. The fourth-order valence-corrected chi connectivity index (χ4v) is 1.78. The van der Waals surface area contributed by atoms with Crippen LogP contribution in [0.4, 0.5) is 8.78 Å². The van der Waals surface area contributed by atoms with Gasteiger partial charge in [0.15, 0.2) is 0 Å². The van der Waals surface area contributed by atoms with Gasteiger partial charge in [0.25, 0.3) is 0 Å². The summed E-state index contributed by atoms with van der Waals surface area (Å²) in [5, 5.41) is 0. The quantitative estimate of drug-likeness (QED) is 0.860. The summed E-state index contributed by atoms with van der Waals surface area (Å²) < 4.78 is 32.4. The minimum absolute atomic E-state index is 0.172. The monoisotopic (exact) mass is 287 g/mol. The Morgan fingerprint density at radius 2 is 2.00 bits per heavy atom. The first-order chi connectivity index (χ1) is 7.61. The molecule has 5 heteroatoms. The van der Waals surface area contributed by atoms with Crippen LogP contribution in [0.1, 0.15) is 17.4 Å². The van der Waals surface area contributed by atoms with Gasteiger partial charge in [0.2, 0.25) is 0 Å². The third kappa shape index (κ3) is 1.88. The van der Waals surface area contributed by atoms with Gasteiger partial charge in [0, 0.05) is 5.56 Å². The average Bonchev–Trinajstić information content (AvgIpc) is 2.77. The number of halogens is 3. The van der Waals surface area contributed by atoms with Crippen LogP contribution in [0.15, 0.2) is 39.4 Å². The van der Waals surface area contributed by atoms with Crippen LogP contribution in [0.3, 0.4) is 0 Å². The molecule has 0 fully saturated rings. The van der Waals surface area contributed by atoms with Gasteiger partial charge in [-0.2, -0.15) is 0 Å². The first kappa shape index (κ1) is 11.3. The van der Waals surface area contributed by atoms with Crippen molar-refractivity contribution in [2.24, 2.45) is 5.73 Å². The summed E-state index contributed by atoms with van der Waals surface area (Å²) in [4.78, 5) is 0. The fraction of sp³-hybridized carbons (Fsp3) is 0.0909. The highest BCUT2D eigenvalue weighted by Crippen LogP contribution is 2.29. The van der Waals surface area contributed by atoms with Crippen LogP contribution in [0, 0.1) is 11.6 Å². The lowest BCUT2D eigenvalue weighted by molar-refractivity contribution is 0.465. The van der Waals surface area contributed by atoms with E-state index in [9.17, 15) is 8.78 Å². The summed E-state index contributed by atoms with van der Waals surface area (Å²) in [5.41, 5.74) is 5.53. The van der Waals surface area contributed by atoms with E-state index in [-0.39, 0.29) is 10.0 Å². The summed E-state index contributed by atoms with van der Waals surface area (Å²) >= 11 is 2.98. The standard InChI is InChI=1S/C11H8BrF2NO/c12-6-3-4-7(13)9(10(6)14)11(15)8-2-1-5-16-8/h1-5,11H,15H2. The maximum absolute atomic E-state index is 13.7. The van der Waals surface area contributed by atoms with Crippen LogP contribution >= 0.6 is 15.9 Å². The number of hydrogen-bond donors (Lipinski definition) is 1. The molecule has 0 saturated heterocycles. The third-order valence-corrected chi connectivity index (χ3v) is 2.85. The van der Waals surface area contributed by atoms with Crippen molar-refractivity contribution in [3.8, 4) is 0 Å². The summed E-state index contributed by atoms with van der Waals surface area (Å²) in [6, 6.07) is 4.69. The Labute approximate surface area is 99.2 Å². The molecule has 1 aromatic carbocycles. The second-order valence-corrected chi connectivity index (χ2v) is 4.10. The van der Waals surface area contributed by atoms with Crippen molar-refractivity contribution in [3.05, 3.63) is 58.0 Å². The highest BCUT2D eigenvalue weighted by Gasteiger charge is 2.22. The van der Waals surface area contributed by atoms with Crippen LogP contribution in [0.2, 0.25) is 0 Å². The van der Waals surface area contributed by atoms with E-state index in [0.29, 0.717) is 5.76 Å². The second-order valence-electron chi connectivity index (χ2n) is 3.25. The lowest BCUT2D eigenvalue weighted by Crippen LogP contribution is -2.15. The topological polar surface area (TPSA) is 39.2 Å². The Balaban J connectivity index is 2.52. The lowest BCUT2D eigenvalue weighted by atomic mass is 10.0. The van der Waals surface area contributed by atoms with E-state index in [0.717, 1.165) is 6.07 Å². The number of nitrogens with two attached hydrogens (primary N) is 1. The molecule has 2 rings (SSSR count). The molecule has 0 amide bonds. The van der Waals surface area contributed by atoms with E-state index in [4.69, 9.17) is 10.2 Å². The molecule has 16 heavy (non-hydrogen) atoms. The number of hydrogen-bond acceptors (Lipinski definition) is 2. The maximum Gasteiger partial charge on any atom is 0.145 e. The predicted molar refractivity (Wildman–Crippen MR) is 58.8 cm³/mol. The Kier molecular flexibility index (Phi) is 3.07. The Morgan fingerprint density at radius 3 is 2.62 bits per heavy atom. The van der Waals surface area contributed by atoms with Gasteiger partial charge >= 0.3 is 0 Å². The van der Waals surface area contributed by atoms with Crippen LogP contribution < -0.4 is 5.73 Å². The van der Waals surface area contributed by atoms with Crippen molar-refractivity contribution in [1.82, 2.24) is 0 Å². The highest BCUT2D eigenvalue weighted by atomic mass is 79.9. The highest BCUT2D eigenvalue weighted by molar-refractivity contribution is 9.10. The first-order valence-corrected chi connectivity index (χ1v) is 5.33.